The molecule has 3 atom stereocenters. The predicted molar refractivity (Wildman–Crippen MR) is 73.3 cm³/mol. The van der Waals surface area contributed by atoms with Gasteiger partial charge in [-0.25, -0.2) is 4.79 Å². The first-order chi connectivity index (χ1) is 9.15. The van der Waals surface area contributed by atoms with Crippen LogP contribution >= 0.6 is 0 Å². The molecule has 1 unspecified atom stereocenters. The van der Waals surface area contributed by atoms with Gasteiger partial charge < -0.3 is 21.5 Å². The molecule has 102 valence electrons. The first kappa shape index (κ1) is 13.6. The molecular formula is C14H19N3O2. The van der Waals surface area contributed by atoms with Gasteiger partial charge in [-0.05, 0) is 12.0 Å². The van der Waals surface area contributed by atoms with Crippen molar-refractivity contribution in [1.82, 2.24) is 5.32 Å². The fourth-order valence-electron chi connectivity index (χ4n) is 2.00. The summed E-state index contributed by atoms with van der Waals surface area (Å²) >= 11 is 0. The highest BCUT2D eigenvalue weighted by Crippen LogP contribution is 2.09. The van der Waals surface area contributed by atoms with Crippen molar-refractivity contribution in [3.8, 4) is 0 Å². The third-order valence-corrected chi connectivity index (χ3v) is 3.07. The molecule has 0 fully saturated rings. The Morgan fingerprint density at radius 3 is 2.68 bits per heavy atom. The number of nitrogens with one attached hydrogen (secondary N) is 1. The van der Waals surface area contributed by atoms with E-state index < -0.39 is 6.09 Å². The predicted octanol–water partition coefficient (Wildman–Crippen LogP) is 0.896. The number of hydrogen-bond donors (Lipinski definition) is 3. The zero-order valence-corrected chi connectivity index (χ0v) is 10.7. The molecule has 0 saturated carbocycles. The number of nitrogens with two attached hydrogens (primary N) is 2. The molecule has 0 radical (unpaired) electrons. The molecule has 0 spiro atoms. The minimum Gasteiger partial charge on any atom is -0.445 e. The number of amides is 1. The average Bonchev–Trinajstić information content (AvgIpc) is 2.41. The third kappa shape index (κ3) is 4.08. The maximum atomic E-state index is 11.7. The molecule has 0 heterocycles. The first-order valence-electron chi connectivity index (χ1n) is 6.32. The van der Waals surface area contributed by atoms with Gasteiger partial charge in [0.05, 0.1) is 6.04 Å². The Morgan fingerprint density at radius 1 is 1.26 bits per heavy atom. The molecule has 5 heteroatoms. The fourth-order valence-corrected chi connectivity index (χ4v) is 2.00. The highest BCUT2D eigenvalue weighted by molar-refractivity contribution is 5.68. The van der Waals surface area contributed by atoms with Crippen LogP contribution < -0.4 is 16.8 Å². The van der Waals surface area contributed by atoms with Crippen molar-refractivity contribution in [3.05, 3.63) is 48.0 Å². The average molecular weight is 261 g/mol. The Labute approximate surface area is 112 Å². The topological polar surface area (TPSA) is 90.4 Å². The van der Waals surface area contributed by atoms with E-state index in [-0.39, 0.29) is 24.7 Å². The lowest BCUT2D eigenvalue weighted by Gasteiger charge is -2.27. The van der Waals surface area contributed by atoms with E-state index in [4.69, 9.17) is 16.2 Å². The van der Waals surface area contributed by atoms with Gasteiger partial charge in [-0.15, -0.1) is 0 Å². The molecule has 0 bridgehead atoms. The van der Waals surface area contributed by atoms with Gasteiger partial charge in [-0.2, -0.15) is 0 Å². The second kappa shape index (κ2) is 6.36. The molecule has 1 aromatic rings. The quantitative estimate of drug-likeness (QED) is 0.705. The molecule has 5 N–H and O–H groups in total. The van der Waals surface area contributed by atoms with Crippen molar-refractivity contribution in [2.24, 2.45) is 11.5 Å². The van der Waals surface area contributed by atoms with Gasteiger partial charge in [0.1, 0.15) is 6.61 Å². The Kier molecular flexibility index (Phi) is 4.54. The number of benzene rings is 1. The SMILES string of the molecule is N[C@@H]1C=CC(NC(=O)OCc2ccccc2)[C@H](N)C1. The zero-order chi connectivity index (χ0) is 13.7. The number of rotatable bonds is 3. The summed E-state index contributed by atoms with van der Waals surface area (Å²) in [6, 6.07) is 9.09. The van der Waals surface area contributed by atoms with Crippen molar-refractivity contribution in [2.75, 3.05) is 0 Å². The Morgan fingerprint density at radius 2 is 2.00 bits per heavy atom. The molecule has 1 aliphatic carbocycles. The second-order valence-corrected chi connectivity index (χ2v) is 4.68. The van der Waals surface area contributed by atoms with Crippen LogP contribution in [0.5, 0.6) is 0 Å². The van der Waals surface area contributed by atoms with E-state index in [1.165, 1.54) is 0 Å². The van der Waals surface area contributed by atoms with Crippen molar-refractivity contribution in [2.45, 2.75) is 31.2 Å². The van der Waals surface area contributed by atoms with Crippen molar-refractivity contribution in [1.29, 1.82) is 0 Å². The van der Waals surface area contributed by atoms with Crippen LogP contribution in [0.15, 0.2) is 42.5 Å². The zero-order valence-electron chi connectivity index (χ0n) is 10.7. The molecule has 1 amide bonds. The summed E-state index contributed by atoms with van der Waals surface area (Å²) in [6.07, 6.45) is 3.86. The van der Waals surface area contributed by atoms with Crippen molar-refractivity contribution < 1.29 is 9.53 Å². The van der Waals surface area contributed by atoms with Crippen molar-refractivity contribution in [3.63, 3.8) is 0 Å². The number of carbonyl (C=O) groups is 1. The van der Waals surface area contributed by atoms with E-state index >= 15 is 0 Å². The van der Waals surface area contributed by atoms with Gasteiger partial charge in [-0.1, -0.05) is 42.5 Å². The molecule has 19 heavy (non-hydrogen) atoms. The number of ether oxygens (including phenoxy) is 1. The third-order valence-electron chi connectivity index (χ3n) is 3.07. The summed E-state index contributed by atoms with van der Waals surface area (Å²) in [5.41, 5.74) is 12.6. The minimum absolute atomic E-state index is 0.0339. The van der Waals surface area contributed by atoms with Crippen LogP contribution in [0, 0.1) is 0 Å². The van der Waals surface area contributed by atoms with E-state index in [0.717, 1.165) is 5.56 Å². The van der Waals surface area contributed by atoms with Gasteiger partial charge in [0, 0.05) is 12.1 Å². The Balaban J connectivity index is 1.80. The molecule has 1 aliphatic rings. The maximum absolute atomic E-state index is 11.7. The molecule has 0 saturated heterocycles. The summed E-state index contributed by atoms with van der Waals surface area (Å²) < 4.78 is 5.14. The van der Waals surface area contributed by atoms with Gasteiger partial charge in [0.2, 0.25) is 0 Å². The van der Waals surface area contributed by atoms with Crippen LogP contribution in [0.3, 0.4) is 0 Å². The van der Waals surface area contributed by atoms with E-state index in [0.29, 0.717) is 6.42 Å². The molecular weight excluding hydrogens is 242 g/mol. The van der Waals surface area contributed by atoms with Crippen molar-refractivity contribution >= 4 is 6.09 Å². The summed E-state index contributed by atoms with van der Waals surface area (Å²) in [7, 11) is 0. The number of hydrogen-bond acceptors (Lipinski definition) is 4. The lowest BCUT2D eigenvalue weighted by atomic mass is 9.94. The van der Waals surface area contributed by atoms with Gasteiger partial charge in [0.25, 0.3) is 0 Å². The summed E-state index contributed by atoms with van der Waals surface area (Å²) in [5.74, 6) is 0. The van der Waals surface area contributed by atoms with Crippen LogP contribution in [-0.4, -0.2) is 24.2 Å². The largest absolute Gasteiger partial charge is 0.445 e. The van der Waals surface area contributed by atoms with Gasteiger partial charge in [0.15, 0.2) is 0 Å². The summed E-state index contributed by atoms with van der Waals surface area (Å²) in [6.45, 7) is 0.248. The second-order valence-electron chi connectivity index (χ2n) is 4.68. The maximum Gasteiger partial charge on any atom is 0.407 e. The van der Waals surface area contributed by atoms with Gasteiger partial charge >= 0.3 is 6.09 Å². The lowest BCUT2D eigenvalue weighted by molar-refractivity contribution is 0.135. The van der Waals surface area contributed by atoms with Crippen LogP contribution in [0.4, 0.5) is 4.79 Å². The van der Waals surface area contributed by atoms with Crippen LogP contribution in [0.2, 0.25) is 0 Å². The van der Waals surface area contributed by atoms with Crippen LogP contribution in [0.25, 0.3) is 0 Å². The van der Waals surface area contributed by atoms with E-state index in [1.54, 1.807) is 0 Å². The summed E-state index contributed by atoms with van der Waals surface area (Å²) in [5, 5.41) is 2.73. The normalized spacial score (nSPS) is 25.9. The highest BCUT2D eigenvalue weighted by atomic mass is 16.5. The van der Waals surface area contributed by atoms with Gasteiger partial charge in [-0.3, -0.25) is 0 Å². The smallest absolute Gasteiger partial charge is 0.407 e. The first-order valence-corrected chi connectivity index (χ1v) is 6.32. The lowest BCUT2D eigenvalue weighted by Crippen LogP contribution is -2.51. The molecule has 1 aromatic carbocycles. The number of alkyl carbamates (subject to hydrolysis) is 1. The minimum atomic E-state index is -0.468. The van der Waals surface area contributed by atoms with Crippen LogP contribution in [0.1, 0.15) is 12.0 Å². The van der Waals surface area contributed by atoms with E-state index in [2.05, 4.69) is 5.32 Å². The van der Waals surface area contributed by atoms with E-state index in [9.17, 15) is 4.79 Å². The molecule has 0 aliphatic heterocycles. The van der Waals surface area contributed by atoms with E-state index in [1.807, 2.05) is 42.5 Å². The molecule has 5 nitrogen and oxygen atoms in total. The fraction of sp³-hybridized carbons (Fsp3) is 0.357. The summed E-state index contributed by atoms with van der Waals surface area (Å²) in [4.78, 5) is 11.7. The monoisotopic (exact) mass is 261 g/mol. The molecule has 0 aromatic heterocycles. The Hall–Kier alpha value is -1.85. The Bertz CT molecular complexity index is 447. The van der Waals surface area contributed by atoms with Crippen LogP contribution in [-0.2, 0) is 11.3 Å². The number of carbonyl (C=O) groups excluding carboxylic acids is 1. The highest BCUT2D eigenvalue weighted by Gasteiger charge is 2.23. The standard InChI is InChI=1S/C14H19N3O2/c15-11-6-7-13(12(16)8-11)17-14(18)19-9-10-4-2-1-3-5-10/h1-7,11-13H,8-9,15-16H2,(H,17,18)/t11-,12-,13?/m1/s1. The molecule has 2 rings (SSSR count).